The third kappa shape index (κ3) is 15.1. The number of hydrogen-bond acceptors (Lipinski definition) is 6. The van der Waals surface area contributed by atoms with Gasteiger partial charge in [0.2, 0.25) is 5.91 Å². The van der Waals surface area contributed by atoms with E-state index in [1.807, 2.05) is 87.5 Å². The Labute approximate surface area is 368 Å². The SMILES string of the molecule is CC(C(=O)c1ccc(F)cc1)c1ccccc1.CC(C)C(=O)C(C(=O)Nc1ccccc1)C(C(=O)c1ccc(F)cc1)c1ccccc1.CC(C)C(=O)CC(=O)Cc1ccccc1. The number of halogens is 2. The van der Waals surface area contributed by atoms with E-state index in [4.69, 9.17) is 0 Å². The largest absolute Gasteiger partial charge is 0.325 e. The Morgan fingerprint density at radius 1 is 0.492 bits per heavy atom. The summed E-state index contributed by atoms with van der Waals surface area (Å²) in [5, 5.41) is 2.77. The number of ketones is 5. The van der Waals surface area contributed by atoms with Crippen molar-refractivity contribution < 1.29 is 37.5 Å². The highest BCUT2D eigenvalue weighted by Gasteiger charge is 2.41. The van der Waals surface area contributed by atoms with E-state index in [0.717, 1.165) is 11.1 Å². The molecule has 0 aliphatic heterocycles. The lowest BCUT2D eigenvalue weighted by molar-refractivity contribution is -0.134. The third-order valence-corrected chi connectivity index (χ3v) is 10.2. The van der Waals surface area contributed by atoms with Crippen LogP contribution >= 0.6 is 0 Å². The van der Waals surface area contributed by atoms with Gasteiger partial charge in [-0.15, -0.1) is 0 Å². The van der Waals surface area contributed by atoms with Gasteiger partial charge in [0, 0.05) is 41.0 Å². The minimum absolute atomic E-state index is 0.0000926. The lowest BCUT2D eigenvalue weighted by atomic mass is 9.75. The lowest BCUT2D eigenvalue weighted by Gasteiger charge is -2.26. The van der Waals surface area contributed by atoms with Gasteiger partial charge >= 0.3 is 0 Å². The average Bonchev–Trinajstić information content (AvgIpc) is 3.29. The van der Waals surface area contributed by atoms with Gasteiger partial charge in [0.05, 0.1) is 12.3 Å². The molecular formula is C54H53F2NO6. The second-order valence-corrected chi connectivity index (χ2v) is 15.7. The highest BCUT2D eigenvalue weighted by Crippen LogP contribution is 2.33. The number of hydrogen-bond donors (Lipinski definition) is 1. The van der Waals surface area contributed by atoms with Crippen LogP contribution in [-0.4, -0.2) is 34.8 Å². The molecule has 9 heteroatoms. The van der Waals surface area contributed by atoms with Crippen LogP contribution in [0.2, 0.25) is 0 Å². The normalized spacial score (nSPS) is 12.0. The molecule has 324 valence electrons. The molecule has 7 nitrogen and oxygen atoms in total. The Morgan fingerprint density at radius 2 is 0.921 bits per heavy atom. The van der Waals surface area contributed by atoms with E-state index < -0.39 is 35.3 Å². The maximum absolute atomic E-state index is 13.5. The van der Waals surface area contributed by atoms with Crippen LogP contribution < -0.4 is 5.32 Å². The van der Waals surface area contributed by atoms with Gasteiger partial charge < -0.3 is 5.32 Å². The molecule has 0 bridgehead atoms. The zero-order valence-corrected chi connectivity index (χ0v) is 36.2. The van der Waals surface area contributed by atoms with E-state index in [1.165, 1.54) is 48.5 Å². The van der Waals surface area contributed by atoms with E-state index in [-0.39, 0.29) is 52.8 Å². The van der Waals surface area contributed by atoms with Gasteiger partial charge in [-0.2, -0.15) is 0 Å². The third-order valence-electron chi connectivity index (χ3n) is 10.2. The second kappa shape index (κ2) is 24.4. The van der Waals surface area contributed by atoms with Crippen LogP contribution in [0, 0.1) is 29.4 Å². The minimum Gasteiger partial charge on any atom is -0.325 e. The highest BCUT2D eigenvalue weighted by molar-refractivity contribution is 6.14. The zero-order chi connectivity index (χ0) is 45.9. The van der Waals surface area contributed by atoms with Gasteiger partial charge in [0.1, 0.15) is 34.9 Å². The fourth-order valence-corrected chi connectivity index (χ4v) is 6.54. The molecule has 0 fully saturated rings. The number of carbonyl (C=O) groups excluding carboxylic acids is 6. The predicted molar refractivity (Wildman–Crippen MR) is 244 cm³/mol. The van der Waals surface area contributed by atoms with Crippen molar-refractivity contribution in [2.45, 2.75) is 59.3 Å². The van der Waals surface area contributed by atoms with Crippen LogP contribution in [0.5, 0.6) is 0 Å². The van der Waals surface area contributed by atoms with Gasteiger partial charge in [-0.1, -0.05) is 144 Å². The molecule has 0 radical (unpaired) electrons. The number of rotatable bonds is 16. The number of amides is 1. The van der Waals surface area contributed by atoms with Crippen molar-refractivity contribution in [1.29, 1.82) is 0 Å². The van der Waals surface area contributed by atoms with Gasteiger partial charge in [-0.3, -0.25) is 28.8 Å². The molecule has 3 unspecified atom stereocenters. The zero-order valence-electron chi connectivity index (χ0n) is 36.2. The summed E-state index contributed by atoms with van der Waals surface area (Å²) in [4.78, 5) is 75.0. The van der Waals surface area contributed by atoms with E-state index in [9.17, 15) is 37.5 Å². The Morgan fingerprint density at radius 3 is 1.38 bits per heavy atom. The van der Waals surface area contributed by atoms with Crippen LogP contribution in [0.4, 0.5) is 14.5 Å². The van der Waals surface area contributed by atoms with Crippen molar-refractivity contribution in [2.75, 3.05) is 5.32 Å². The quantitative estimate of drug-likeness (QED) is 0.0766. The van der Waals surface area contributed by atoms with Gasteiger partial charge in [0.15, 0.2) is 11.6 Å². The first-order valence-electron chi connectivity index (χ1n) is 20.8. The summed E-state index contributed by atoms with van der Waals surface area (Å²) < 4.78 is 26.2. The standard InChI is InChI=1S/C26H24FNO3.C15H13FO.C13H16O2/c1-17(2)24(29)23(26(31)28-21-11-7-4-8-12-21)22(18-9-5-3-6-10-18)25(30)19-13-15-20(27)16-14-19;1-11(12-5-3-2-4-6-12)15(17)13-7-9-14(16)10-8-13;1-10(2)13(15)9-12(14)8-11-6-4-3-5-7-11/h3-17,22-23H,1-2H3,(H,28,31);2-11H,1H3;3-7,10H,8-9H2,1-2H3. The topological polar surface area (TPSA) is 114 Å². The van der Waals surface area contributed by atoms with Crippen molar-refractivity contribution in [1.82, 2.24) is 0 Å². The molecule has 6 aromatic rings. The Hall–Kier alpha value is -7.00. The Balaban J connectivity index is 0.000000229. The van der Waals surface area contributed by atoms with Crippen LogP contribution in [0.15, 0.2) is 170 Å². The summed E-state index contributed by atoms with van der Waals surface area (Å²) in [6, 6.07) is 47.4. The molecule has 0 aliphatic carbocycles. The number of nitrogens with one attached hydrogen (secondary N) is 1. The average molecular weight is 850 g/mol. The summed E-state index contributed by atoms with van der Waals surface area (Å²) in [5.41, 5.74) is 3.82. The van der Waals surface area contributed by atoms with Crippen molar-refractivity contribution >= 4 is 40.5 Å². The molecule has 0 saturated heterocycles. The number of anilines is 1. The summed E-state index contributed by atoms with van der Waals surface area (Å²) in [6.07, 6.45) is 0.422. The summed E-state index contributed by atoms with van der Waals surface area (Å²) >= 11 is 0. The predicted octanol–water partition coefficient (Wildman–Crippen LogP) is 11.5. The molecule has 6 aromatic carbocycles. The number of Topliss-reactive ketones (excluding diaryl/α,β-unsaturated/α-hetero) is 5. The minimum atomic E-state index is -1.24. The first kappa shape index (κ1) is 48.7. The lowest BCUT2D eigenvalue weighted by Crippen LogP contribution is -2.40. The second-order valence-electron chi connectivity index (χ2n) is 15.7. The van der Waals surface area contributed by atoms with Gasteiger partial charge in [-0.25, -0.2) is 8.78 Å². The van der Waals surface area contributed by atoms with Gasteiger partial charge in [0.25, 0.3) is 0 Å². The molecule has 63 heavy (non-hydrogen) atoms. The highest BCUT2D eigenvalue weighted by atomic mass is 19.1. The van der Waals surface area contributed by atoms with Crippen LogP contribution in [0.25, 0.3) is 0 Å². The molecule has 3 atom stereocenters. The van der Waals surface area contributed by atoms with Crippen LogP contribution in [0.3, 0.4) is 0 Å². The maximum Gasteiger partial charge on any atom is 0.236 e. The van der Waals surface area contributed by atoms with E-state index >= 15 is 0 Å². The molecule has 1 amide bonds. The van der Waals surface area contributed by atoms with E-state index in [0.29, 0.717) is 23.2 Å². The molecular weight excluding hydrogens is 797 g/mol. The summed E-state index contributed by atoms with van der Waals surface area (Å²) in [7, 11) is 0. The molecule has 0 heterocycles. The maximum atomic E-state index is 13.5. The Bertz CT molecular complexity index is 2400. The van der Waals surface area contributed by atoms with Crippen LogP contribution in [0.1, 0.15) is 90.3 Å². The van der Waals surface area contributed by atoms with Crippen molar-refractivity contribution in [3.8, 4) is 0 Å². The van der Waals surface area contributed by atoms with Gasteiger partial charge in [-0.05, 0) is 77.4 Å². The first-order chi connectivity index (χ1) is 30.2. The monoisotopic (exact) mass is 849 g/mol. The fourth-order valence-electron chi connectivity index (χ4n) is 6.54. The summed E-state index contributed by atoms with van der Waals surface area (Å²) in [5.74, 6) is -5.04. The smallest absolute Gasteiger partial charge is 0.236 e. The van der Waals surface area contributed by atoms with Crippen molar-refractivity contribution in [3.05, 3.63) is 209 Å². The van der Waals surface area contributed by atoms with Crippen molar-refractivity contribution in [2.24, 2.45) is 17.8 Å². The fraction of sp³-hybridized carbons (Fsp3) is 0.222. The Kier molecular flexibility index (Phi) is 18.9. The summed E-state index contributed by atoms with van der Waals surface area (Å²) in [6.45, 7) is 8.91. The number of carbonyl (C=O) groups is 6. The van der Waals surface area contributed by atoms with E-state index in [1.54, 1.807) is 68.4 Å². The number of benzene rings is 6. The first-order valence-corrected chi connectivity index (χ1v) is 20.8. The van der Waals surface area contributed by atoms with E-state index in [2.05, 4.69) is 5.32 Å². The molecule has 6 rings (SSSR count). The molecule has 0 saturated carbocycles. The molecule has 0 aliphatic rings. The molecule has 0 spiro atoms. The molecule has 1 N–H and O–H groups in total. The van der Waals surface area contributed by atoms with Crippen molar-refractivity contribution in [3.63, 3.8) is 0 Å². The number of para-hydroxylation sites is 1. The van der Waals surface area contributed by atoms with Crippen LogP contribution in [-0.2, 0) is 25.6 Å². The molecule has 0 aromatic heterocycles.